The number of furan rings is 1. The molecule has 0 fully saturated rings. The third-order valence-electron chi connectivity index (χ3n) is 2.79. The zero-order valence-electron chi connectivity index (χ0n) is 10.1. The van der Waals surface area contributed by atoms with Crippen LogP contribution in [0.15, 0.2) is 22.8 Å². The van der Waals surface area contributed by atoms with Gasteiger partial charge in [-0.15, -0.1) is 0 Å². The summed E-state index contributed by atoms with van der Waals surface area (Å²) in [6, 6.07) is 4.06. The second-order valence-corrected chi connectivity index (χ2v) is 5.07. The molecule has 0 unspecified atom stereocenters. The summed E-state index contributed by atoms with van der Waals surface area (Å²) in [4.78, 5) is 0. The van der Waals surface area contributed by atoms with Gasteiger partial charge in [0.25, 0.3) is 0 Å². The number of rotatable bonds is 0. The molecule has 0 saturated heterocycles. The Hall–Kier alpha value is -0.180. The van der Waals surface area contributed by atoms with Gasteiger partial charge < -0.3 is 10.2 Å². The fourth-order valence-electron chi connectivity index (χ4n) is 1.86. The molecule has 2 rings (SSSR count). The van der Waals surface area contributed by atoms with E-state index in [1.807, 2.05) is 13.0 Å². The summed E-state index contributed by atoms with van der Waals surface area (Å²) < 4.78 is 5.53. The van der Waals surface area contributed by atoms with Crippen LogP contribution < -0.4 is 5.73 Å². The van der Waals surface area contributed by atoms with E-state index in [-0.39, 0.29) is 43.2 Å². The maximum absolute atomic E-state index is 6.01. The third-order valence-corrected chi connectivity index (χ3v) is 2.79. The van der Waals surface area contributed by atoms with Gasteiger partial charge in [-0.3, -0.25) is 0 Å². The molecule has 88 valence electrons. The summed E-state index contributed by atoms with van der Waals surface area (Å²) in [7, 11) is 0. The van der Waals surface area contributed by atoms with E-state index in [1.165, 1.54) is 5.56 Å². The topological polar surface area (TPSA) is 39.2 Å². The third kappa shape index (κ3) is 2.24. The minimum atomic E-state index is 0. The molecule has 0 spiro atoms. The van der Waals surface area contributed by atoms with E-state index in [9.17, 15) is 0 Å². The Kier molecular flexibility index (Phi) is 3.99. The van der Waals surface area contributed by atoms with Gasteiger partial charge in [-0.2, -0.15) is 0 Å². The summed E-state index contributed by atoms with van der Waals surface area (Å²) in [6.07, 6.45) is 1.70. The van der Waals surface area contributed by atoms with Gasteiger partial charge in [0.15, 0.2) is 0 Å². The molecular weight excluding hydrogens is 226 g/mol. The normalized spacial score (nSPS) is 11.5. The van der Waals surface area contributed by atoms with Gasteiger partial charge in [-0.05, 0) is 30.0 Å². The first kappa shape index (κ1) is 13.9. The first-order valence-electron chi connectivity index (χ1n) is 5.18. The van der Waals surface area contributed by atoms with Crippen LogP contribution in [0.3, 0.4) is 0 Å². The fraction of sp³-hybridized carbons (Fsp3) is 0.385. The number of hydrogen-bond donors (Lipinski definition) is 1. The van der Waals surface area contributed by atoms with Crippen LogP contribution in [0.2, 0.25) is 0 Å². The zero-order valence-corrected chi connectivity index (χ0v) is 10.8. The maximum Gasteiger partial charge on any atom is 0.139 e. The van der Waals surface area contributed by atoms with Crippen LogP contribution in [0.4, 0.5) is 5.69 Å². The van der Waals surface area contributed by atoms with Crippen LogP contribution in [0.1, 0.15) is 31.9 Å². The van der Waals surface area contributed by atoms with Crippen LogP contribution in [0.25, 0.3) is 11.0 Å². The van der Waals surface area contributed by atoms with E-state index >= 15 is 0 Å². The Morgan fingerprint density at radius 1 is 1.25 bits per heavy atom. The van der Waals surface area contributed by atoms with E-state index in [4.69, 9.17) is 10.2 Å². The maximum atomic E-state index is 6.01. The van der Waals surface area contributed by atoms with E-state index in [0.29, 0.717) is 0 Å². The van der Waals surface area contributed by atoms with Gasteiger partial charge in [0, 0.05) is 54.4 Å². The minimum absolute atomic E-state index is 0. The molecule has 0 amide bonds. The van der Waals surface area contributed by atoms with E-state index in [0.717, 1.165) is 22.2 Å². The first-order chi connectivity index (χ1) is 6.91. The first-order valence-corrected chi connectivity index (χ1v) is 5.18. The number of anilines is 1. The van der Waals surface area contributed by atoms with Gasteiger partial charge in [0.1, 0.15) is 5.58 Å². The van der Waals surface area contributed by atoms with E-state index < -0.39 is 0 Å². The summed E-state index contributed by atoms with van der Waals surface area (Å²) in [5.74, 6) is 0. The van der Waals surface area contributed by atoms with Gasteiger partial charge in [-0.1, -0.05) is 20.8 Å². The molecule has 1 aromatic heterocycles. The molecule has 0 atom stereocenters. The van der Waals surface area contributed by atoms with Crippen molar-refractivity contribution in [3.05, 3.63) is 29.5 Å². The largest absolute Gasteiger partial charge is 0.464 e. The monoisotopic (exact) mass is 243 g/mol. The number of aryl methyl sites for hydroxylation is 1. The molecule has 0 radical (unpaired) electrons. The molecule has 0 saturated carbocycles. The summed E-state index contributed by atoms with van der Waals surface area (Å²) >= 11 is 0. The van der Waals surface area contributed by atoms with Crippen LogP contribution in [-0.4, -0.2) is 0 Å². The Morgan fingerprint density at radius 2 is 1.88 bits per heavy atom. The Bertz CT molecular complexity index is 508. The average Bonchev–Trinajstić information content (AvgIpc) is 2.57. The van der Waals surface area contributed by atoms with Gasteiger partial charge in [0.05, 0.1) is 6.26 Å². The van der Waals surface area contributed by atoms with E-state index in [2.05, 4.69) is 26.8 Å². The molecule has 1 heterocycles. The number of benzene rings is 1. The molecular formula is C13H17ArNO. The van der Waals surface area contributed by atoms with Crippen molar-refractivity contribution in [1.29, 1.82) is 0 Å². The zero-order chi connectivity index (χ0) is 11.2. The Balaban J connectivity index is 0.00000128. The molecule has 16 heavy (non-hydrogen) atoms. The van der Waals surface area contributed by atoms with E-state index in [1.54, 1.807) is 6.26 Å². The summed E-state index contributed by atoms with van der Waals surface area (Å²) in [5, 5.41) is 1.03. The minimum Gasteiger partial charge on any atom is -0.464 e. The molecule has 2 N–H and O–H groups in total. The van der Waals surface area contributed by atoms with Crippen molar-refractivity contribution in [1.82, 2.24) is 0 Å². The smallest absolute Gasteiger partial charge is 0.139 e. The molecule has 0 aliphatic carbocycles. The van der Waals surface area contributed by atoms with Gasteiger partial charge >= 0.3 is 0 Å². The van der Waals surface area contributed by atoms with Crippen LogP contribution in [0.5, 0.6) is 0 Å². The summed E-state index contributed by atoms with van der Waals surface area (Å²) in [5.41, 5.74) is 10.2. The number of nitrogen functional groups attached to an aromatic ring is 1. The fourth-order valence-corrected chi connectivity index (χ4v) is 1.86. The Morgan fingerprint density at radius 3 is 2.44 bits per heavy atom. The van der Waals surface area contributed by atoms with Crippen molar-refractivity contribution < 1.29 is 42.2 Å². The van der Waals surface area contributed by atoms with Crippen molar-refractivity contribution in [3.63, 3.8) is 0 Å². The quantitative estimate of drug-likeness (QED) is 0.718. The molecule has 3 heteroatoms. The second-order valence-electron chi connectivity index (χ2n) is 5.07. The van der Waals surface area contributed by atoms with Crippen LogP contribution in [0, 0.1) is 44.7 Å². The van der Waals surface area contributed by atoms with Crippen molar-refractivity contribution in [2.45, 2.75) is 33.1 Å². The predicted molar refractivity (Wildman–Crippen MR) is 64.1 cm³/mol. The number of fused-ring (bicyclic) bond motifs is 1. The summed E-state index contributed by atoms with van der Waals surface area (Å²) in [6.45, 7) is 8.58. The molecule has 0 aliphatic rings. The standard InChI is InChI=1S/C13H17NO.Ar/c1-8-7-10(13(2,3)4)12-9(11(8)14)5-6-15-12;/h5-7H,14H2,1-4H3;. The van der Waals surface area contributed by atoms with Crippen molar-refractivity contribution in [2.75, 3.05) is 5.73 Å². The molecule has 1 aromatic carbocycles. The van der Waals surface area contributed by atoms with Crippen molar-refractivity contribution in [2.24, 2.45) is 0 Å². The Labute approximate surface area is 126 Å². The van der Waals surface area contributed by atoms with Crippen LogP contribution in [-0.2, 0) is 5.41 Å². The van der Waals surface area contributed by atoms with Gasteiger partial charge in [-0.25, -0.2) is 0 Å². The molecule has 2 aromatic rings. The molecule has 0 aliphatic heterocycles. The van der Waals surface area contributed by atoms with Crippen LogP contribution >= 0.6 is 0 Å². The SMILES string of the molecule is Cc1cc(C(C)(C)C)c2occc2c1N.[Ar]. The van der Waals surface area contributed by atoms with Gasteiger partial charge in [0.2, 0.25) is 0 Å². The predicted octanol–water partition coefficient (Wildman–Crippen LogP) is 3.62. The number of nitrogens with two attached hydrogens (primary N) is 1. The molecule has 0 bridgehead atoms. The average molecular weight is 243 g/mol. The number of hydrogen-bond acceptors (Lipinski definition) is 2. The molecule has 2 nitrogen and oxygen atoms in total. The van der Waals surface area contributed by atoms with Crippen molar-refractivity contribution in [3.8, 4) is 0 Å². The van der Waals surface area contributed by atoms with Crippen molar-refractivity contribution >= 4 is 16.7 Å². The second kappa shape index (κ2) is 4.59.